The second kappa shape index (κ2) is 18.9. The van der Waals surface area contributed by atoms with Gasteiger partial charge < -0.3 is 20.5 Å². The van der Waals surface area contributed by atoms with E-state index in [0.29, 0.717) is 31.2 Å². The van der Waals surface area contributed by atoms with Gasteiger partial charge in [-0.25, -0.2) is 0 Å². The van der Waals surface area contributed by atoms with Crippen LogP contribution in [-0.2, 0) is 16.1 Å². The molecule has 0 spiro atoms. The average molecular weight is 540 g/mol. The number of hydrogen-bond donors (Lipinski definition) is 3. The quantitative estimate of drug-likeness (QED) is 0.192. The van der Waals surface area contributed by atoms with Crippen LogP contribution in [0.1, 0.15) is 70.1 Å². The molecule has 0 aromatic heterocycles. The van der Waals surface area contributed by atoms with E-state index >= 15 is 0 Å². The van der Waals surface area contributed by atoms with Crippen molar-refractivity contribution in [3.05, 3.63) is 65.2 Å². The highest BCUT2D eigenvalue weighted by atomic mass is 16.5. The van der Waals surface area contributed by atoms with Crippen LogP contribution < -0.4 is 15.4 Å². The number of anilines is 1. The zero-order valence-electron chi connectivity index (χ0n) is 25.0. The first-order valence-corrected chi connectivity index (χ1v) is 14.0. The monoisotopic (exact) mass is 539 g/mol. The second-order valence-electron chi connectivity index (χ2n) is 9.98. The van der Waals surface area contributed by atoms with E-state index in [-0.39, 0.29) is 17.6 Å². The van der Waals surface area contributed by atoms with Gasteiger partial charge in [0.1, 0.15) is 0 Å². The second-order valence-corrected chi connectivity index (χ2v) is 9.98. The normalized spacial score (nSPS) is 10.9. The highest BCUT2D eigenvalue weighted by Gasteiger charge is 2.10. The first kappa shape index (κ1) is 33.7. The van der Waals surface area contributed by atoms with Gasteiger partial charge in [-0.1, -0.05) is 64.1 Å². The molecule has 0 unspecified atom stereocenters. The third-order valence-electron chi connectivity index (χ3n) is 6.29. The Labute approximate surface area is 235 Å². The van der Waals surface area contributed by atoms with Gasteiger partial charge in [0.15, 0.2) is 11.5 Å². The number of allylic oxidation sites excluding steroid dienone is 2. The number of hydrogen-bond acceptors (Lipinski definition) is 5. The van der Waals surface area contributed by atoms with Crippen molar-refractivity contribution in [1.82, 2.24) is 10.2 Å². The van der Waals surface area contributed by atoms with Crippen LogP contribution in [0.15, 0.2) is 48.6 Å². The lowest BCUT2D eigenvalue weighted by Crippen LogP contribution is -2.33. The predicted octanol–water partition coefficient (Wildman–Crippen LogP) is 6.37. The van der Waals surface area contributed by atoms with Gasteiger partial charge in [0, 0.05) is 18.7 Å². The van der Waals surface area contributed by atoms with Crippen molar-refractivity contribution < 1.29 is 19.4 Å². The highest BCUT2D eigenvalue weighted by Crippen LogP contribution is 2.26. The first-order valence-electron chi connectivity index (χ1n) is 14.0. The Morgan fingerprint density at radius 1 is 1.03 bits per heavy atom. The molecule has 39 heavy (non-hydrogen) atoms. The lowest BCUT2D eigenvalue weighted by Gasteiger charge is -2.18. The Morgan fingerprint density at radius 3 is 2.28 bits per heavy atom. The standard InChI is InChI=1S/C18H27NO3.C14H22N2O/c1-14(2)8-6-4-5-7-9-18(21)19-13-15-10-11-16(20)17(12-15)22-3;1-5-16(6-2)10-13(17)15-14-11(3)8-7-9-12(14)4/h6,8,10-12,14,20H,4-5,7,9,13H2,1-3H3,(H,19,21);7-9H,5-6,10H2,1-4H3,(H,15,17)/b8-6+;. The Hall–Kier alpha value is -3.32. The summed E-state index contributed by atoms with van der Waals surface area (Å²) in [5.41, 5.74) is 4.07. The number of carbonyl (C=O) groups excluding carboxylic acids is 2. The molecule has 0 aliphatic carbocycles. The van der Waals surface area contributed by atoms with Crippen LogP contribution in [0.4, 0.5) is 5.69 Å². The summed E-state index contributed by atoms with van der Waals surface area (Å²) in [6.45, 7) is 15.2. The summed E-state index contributed by atoms with van der Waals surface area (Å²) in [5, 5.41) is 15.4. The minimum atomic E-state index is 0.0554. The van der Waals surface area contributed by atoms with Crippen LogP contribution in [0.3, 0.4) is 0 Å². The summed E-state index contributed by atoms with van der Waals surface area (Å²) < 4.78 is 5.04. The molecular formula is C32H49N3O4. The third kappa shape index (κ3) is 13.9. The van der Waals surface area contributed by atoms with Crippen LogP contribution in [0.25, 0.3) is 0 Å². The number of nitrogens with zero attached hydrogens (tertiary/aromatic N) is 1. The topological polar surface area (TPSA) is 90.9 Å². The number of rotatable bonds is 14. The van der Waals surface area contributed by atoms with Gasteiger partial charge in [-0.2, -0.15) is 0 Å². The molecule has 7 heteroatoms. The zero-order valence-corrected chi connectivity index (χ0v) is 25.0. The smallest absolute Gasteiger partial charge is 0.238 e. The fourth-order valence-corrected chi connectivity index (χ4v) is 3.88. The molecule has 0 bridgehead atoms. The van der Waals surface area contributed by atoms with Crippen LogP contribution in [0.5, 0.6) is 11.5 Å². The van der Waals surface area contributed by atoms with Crippen molar-refractivity contribution >= 4 is 17.5 Å². The first-order chi connectivity index (χ1) is 18.6. The summed E-state index contributed by atoms with van der Waals surface area (Å²) in [6.07, 6.45) is 7.88. The van der Waals surface area contributed by atoms with Crippen molar-refractivity contribution in [1.29, 1.82) is 0 Å². The molecule has 216 valence electrons. The number of aryl methyl sites for hydroxylation is 2. The van der Waals surface area contributed by atoms with E-state index in [4.69, 9.17) is 4.74 Å². The van der Waals surface area contributed by atoms with Gasteiger partial charge in [-0.05, 0) is 80.9 Å². The molecule has 0 saturated heterocycles. The van der Waals surface area contributed by atoms with E-state index in [1.165, 1.54) is 7.11 Å². The molecule has 0 radical (unpaired) electrons. The summed E-state index contributed by atoms with van der Waals surface area (Å²) in [4.78, 5) is 25.8. The zero-order chi connectivity index (χ0) is 29.2. The Bertz CT molecular complexity index is 1030. The number of methoxy groups -OCH3 is 1. The Balaban J connectivity index is 0.000000403. The lowest BCUT2D eigenvalue weighted by molar-refractivity contribution is -0.121. The van der Waals surface area contributed by atoms with Gasteiger partial charge in [0.25, 0.3) is 0 Å². The van der Waals surface area contributed by atoms with E-state index in [1.807, 2.05) is 32.0 Å². The fourth-order valence-electron chi connectivity index (χ4n) is 3.88. The van der Waals surface area contributed by atoms with E-state index in [0.717, 1.165) is 54.7 Å². The summed E-state index contributed by atoms with van der Waals surface area (Å²) in [7, 11) is 1.51. The van der Waals surface area contributed by atoms with Gasteiger partial charge in [-0.15, -0.1) is 0 Å². The predicted molar refractivity (Wildman–Crippen MR) is 161 cm³/mol. The van der Waals surface area contributed by atoms with Crippen LogP contribution >= 0.6 is 0 Å². The Kier molecular flexibility index (Phi) is 16.3. The number of phenols is 1. The number of nitrogens with one attached hydrogen (secondary N) is 2. The van der Waals surface area contributed by atoms with Gasteiger partial charge in [0.05, 0.1) is 13.7 Å². The molecule has 0 saturated carbocycles. The summed E-state index contributed by atoms with van der Waals surface area (Å²) in [6, 6.07) is 11.1. The average Bonchev–Trinajstić information content (AvgIpc) is 2.91. The molecule has 2 rings (SSSR count). The highest BCUT2D eigenvalue weighted by molar-refractivity contribution is 5.93. The number of ether oxygens (including phenoxy) is 1. The van der Waals surface area contributed by atoms with Crippen molar-refractivity contribution in [3.8, 4) is 11.5 Å². The van der Waals surface area contributed by atoms with Crippen LogP contribution in [-0.4, -0.2) is 48.6 Å². The maximum absolute atomic E-state index is 11.9. The molecule has 0 heterocycles. The third-order valence-corrected chi connectivity index (χ3v) is 6.29. The minimum Gasteiger partial charge on any atom is -0.504 e. The van der Waals surface area contributed by atoms with Crippen LogP contribution in [0.2, 0.25) is 0 Å². The van der Waals surface area contributed by atoms with E-state index in [9.17, 15) is 14.7 Å². The van der Waals surface area contributed by atoms with Crippen molar-refractivity contribution in [2.24, 2.45) is 5.92 Å². The van der Waals surface area contributed by atoms with Crippen molar-refractivity contribution in [2.75, 3.05) is 32.1 Å². The number of benzene rings is 2. The lowest BCUT2D eigenvalue weighted by atomic mass is 10.1. The molecule has 0 fully saturated rings. The number of phenolic OH excluding ortho intramolecular Hbond substituents is 1. The number of unbranched alkanes of at least 4 members (excludes halogenated alkanes) is 2. The molecule has 0 aliphatic rings. The molecule has 2 amide bonds. The van der Waals surface area contributed by atoms with Gasteiger partial charge in [-0.3, -0.25) is 14.5 Å². The van der Waals surface area contributed by atoms with E-state index in [2.05, 4.69) is 55.4 Å². The Morgan fingerprint density at radius 2 is 1.69 bits per heavy atom. The summed E-state index contributed by atoms with van der Waals surface area (Å²) >= 11 is 0. The maximum Gasteiger partial charge on any atom is 0.238 e. The van der Waals surface area contributed by atoms with E-state index in [1.54, 1.807) is 18.2 Å². The molecule has 3 N–H and O–H groups in total. The molecular weight excluding hydrogens is 490 g/mol. The largest absolute Gasteiger partial charge is 0.504 e. The number of aromatic hydroxyl groups is 1. The van der Waals surface area contributed by atoms with Crippen molar-refractivity contribution in [2.45, 2.75) is 73.8 Å². The number of para-hydroxylation sites is 1. The SMILES string of the molecule is CCN(CC)CC(=O)Nc1c(C)cccc1C.COc1cc(CNC(=O)CCCC/C=C/C(C)C)ccc1O. The molecule has 0 aliphatic heterocycles. The number of amides is 2. The molecule has 7 nitrogen and oxygen atoms in total. The molecule has 0 atom stereocenters. The maximum atomic E-state index is 11.9. The molecule has 2 aromatic rings. The number of carbonyl (C=O) groups is 2. The van der Waals surface area contributed by atoms with Gasteiger partial charge in [0.2, 0.25) is 11.8 Å². The van der Waals surface area contributed by atoms with Crippen LogP contribution in [0, 0.1) is 19.8 Å². The molecule has 2 aromatic carbocycles. The fraction of sp³-hybridized carbons (Fsp3) is 0.500. The van der Waals surface area contributed by atoms with Gasteiger partial charge >= 0.3 is 0 Å². The number of likely N-dealkylation sites (N-methyl/N-ethyl adjacent to an activating group) is 1. The van der Waals surface area contributed by atoms with E-state index < -0.39 is 0 Å². The summed E-state index contributed by atoms with van der Waals surface area (Å²) in [5.74, 6) is 1.23. The minimum absolute atomic E-state index is 0.0554. The van der Waals surface area contributed by atoms with Crippen molar-refractivity contribution in [3.63, 3.8) is 0 Å².